The Morgan fingerprint density at radius 2 is 1.72 bits per heavy atom. The summed E-state index contributed by atoms with van der Waals surface area (Å²) >= 11 is 0. The Morgan fingerprint density at radius 1 is 0.966 bits per heavy atom. The lowest BCUT2D eigenvalue weighted by molar-refractivity contribution is -0.119. The molecule has 29 heavy (non-hydrogen) atoms. The highest BCUT2D eigenvalue weighted by Gasteiger charge is 2.07. The molecule has 6 heteroatoms. The number of nitrogens with one attached hydrogen (secondary N) is 2. The summed E-state index contributed by atoms with van der Waals surface area (Å²) in [5, 5.41) is 6.98. The van der Waals surface area contributed by atoms with Gasteiger partial charge in [0.05, 0.1) is 18.3 Å². The van der Waals surface area contributed by atoms with Crippen LogP contribution in [0.1, 0.15) is 21.5 Å². The molecule has 0 unspecified atom stereocenters. The Balaban J connectivity index is 1.46. The third-order valence-corrected chi connectivity index (χ3v) is 3.97. The molecule has 0 aliphatic heterocycles. The number of carbonyl (C=O) groups is 2. The molecule has 0 saturated heterocycles. The van der Waals surface area contributed by atoms with Crippen molar-refractivity contribution in [1.29, 1.82) is 0 Å². The minimum atomic E-state index is -0.416. The lowest BCUT2D eigenvalue weighted by Gasteiger charge is -2.06. The summed E-state index contributed by atoms with van der Waals surface area (Å²) in [4.78, 5) is 23.9. The molecule has 0 aromatic heterocycles. The monoisotopic (exact) mass is 387 g/mol. The fourth-order valence-electron chi connectivity index (χ4n) is 2.52. The molecule has 3 aromatic carbocycles. The molecule has 0 bridgehead atoms. The van der Waals surface area contributed by atoms with E-state index in [0.29, 0.717) is 11.3 Å². The first kappa shape index (κ1) is 19.8. The van der Waals surface area contributed by atoms with Crippen LogP contribution in [0.5, 0.6) is 5.75 Å². The average Bonchev–Trinajstić information content (AvgIpc) is 2.74. The van der Waals surface area contributed by atoms with E-state index in [0.717, 1.165) is 16.8 Å². The van der Waals surface area contributed by atoms with Crippen LogP contribution in [0.25, 0.3) is 0 Å². The zero-order valence-corrected chi connectivity index (χ0v) is 16.0. The molecule has 0 atom stereocenters. The molecule has 2 N–H and O–H groups in total. The van der Waals surface area contributed by atoms with Gasteiger partial charge in [-0.15, -0.1) is 0 Å². The molecule has 1 amide bonds. The normalized spacial score (nSPS) is 10.5. The van der Waals surface area contributed by atoms with Gasteiger partial charge in [-0.25, -0.2) is 10.2 Å². The van der Waals surface area contributed by atoms with E-state index < -0.39 is 5.97 Å². The van der Waals surface area contributed by atoms with Gasteiger partial charge < -0.3 is 10.1 Å². The minimum absolute atomic E-state index is 0.120. The van der Waals surface area contributed by atoms with Crippen molar-refractivity contribution in [2.45, 2.75) is 6.92 Å². The van der Waals surface area contributed by atoms with E-state index in [1.165, 1.54) is 6.21 Å². The van der Waals surface area contributed by atoms with Gasteiger partial charge in [0.15, 0.2) is 0 Å². The summed E-state index contributed by atoms with van der Waals surface area (Å²) < 4.78 is 5.32. The van der Waals surface area contributed by atoms with Crippen LogP contribution in [-0.4, -0.2) is 24.6 Å². The quantitative estimate of drug-likeness (QED) is 0.280. The first-order valence-corrected chi connectivity index (χ1v) is 9.10. The van der Waals surface area contributed by atoms with E-state index in [4.69, 9.17) is 4.74 Å². The highest BCUT2D eigenvalue weighted by Crippen LogP contribution is 2.13. The second-order valence-corrected chi connectivity index (χ2v) is 6.34. The second kappa shape index (κ2) is 9.85. The van der Waals surface area contributed by atoms with Gasteiger partial charge in [-0.3, -0.25) is 4.79 Å². The summed E-state index contributed by atoms with van der Waals surface area (Å²) in [6.07, 6.45) is 1.52. The SMILES string of the molecule is Cc1cccc(NCC(=O)N/N=C\c2ccc(OC(=O)c3ccccc3)cc2)c1. The zero-order valence-electron chi connectivity index (χ0n) is 16.0. The van der Waals surface area contributed by atoms with Crippen LogP contribution in [0.2, 0.25) is 0 Å². The maximum absolute atomic E-state index is 12.0. The van der Waals surface area contributed by atoms with Crippen LogP contribution < -0.4 is 15.5 Å². The largest absolute Gasteiger partial charge is 0.423 e. The minimum Gasteiger partial charge on any atom is -0.423 e. The van der Waals surface area contributed by atoms with E-state index in [1.54, 1.807) is 48.5 Å². The molecule has 0 radical (unpaired) electrons. The average molecular weight is 387 g/mol. The van der Waals surface area contributed by atoms with Crippen LogP contribution in [0.4, 0.5) is 5.69 Å². The van der Waals surface area contributed by atoms with Gasteiger partial charge in [-0.05, 0) is 66.6 Å². The van der Waals surface area contributed by atoms with Crippen LogP contribution >= 0.6 is 0 Å². The summed E-state index contributed by atoms with van der Waals surface area (Å²) in [6.45, 7) is 2.11. The maximum atomic E-state index is 12.0. The molecular formula is C23H21N3O3. The number of carbonyl (C=O) groups excluding carboxylic acids is 2. The van der Waals surface area contributed by atoms with Crippen LogP contribution in [0.3, 0.4) is 0 Å². The molecule has 146 valence electrons. The van der Waals surface area contributed by atoms with Gasteiger partial charge in [0, 0.05) is 5.69 Å². The fraction of sp³-hybridized carbons (Fsp3) is 0.0870. The Morgan fingerprint density at radius 3 is 2.45 bits per heavy atom. The molecule has 0 saturated carbocycles. The number of nitrogens with zero attached hydrogens (tertiary/aromatic N) is 1. The Kier molecular flexibility index (Phi) is 6.73. The predicted molar refractivity (Wildman–Crippen MR) is 113 cm³/mol. The topological polar surface area (TPSA) is 79.8 Å². The summed E-state index contributed by atoms with van der Waals surface area (Å²) in [5.41, 5.74) is 5.71. The molecular weight excluding hydrogens is 366 g/mol. The number of rotatable bonds is 7. The summed E-state index contributed by atoms with van der Waals surface area (Å²) in [6, 6.07) is 23.4. The molecule has 3 aromatic rings. The molecule has 0 heterocycles. The van der Waals surface area contributed by atoms with Crippen LogP contribution in [0.15, 0.2) is 84.0 Å². The standard InChI is InChI=1S/C23H21N3O3/c1-17-6-5-9-20(14-17)24-16-22(27)26-25-15-18-10-12-21(13-11-18)29-23(28)19-7-3-2-4-8-19/h2-15,24H,16H2,1H3,(H,26,27)/b25-15-. The molecule has 3 rings (SSSR count). The first-order valence-electron chi connectivity index (χ1n) is 9.10. The van der Waals surface area contributed by atoms with E-state index >= 15 is 0 Å². The lowest BCUT2D eigenvalue weighted by atomic mass is 10.2. The number of amides is 1. The van der Waals surface area contributed by atoms with Crippen molar-refractivity contribution in [3.05, 3.63) is 95.6 Å². The van der Waals surface area contributed by atoms with Gasteiger partial charge in [-0.2, -0.15) is 5.10 Å². The zero-order chi connectivity index (χ0) is 20.5. The van der Waals surface area contributed by atoms with Crippen molar-refractivity contribution in [2.24, 2.45) is 5.10 Å². The third kappa shape index (κ3) is 6.32. The number of benzene rings is 3. The first-order chi connectivity index (χ1) is 14.1. The van der Waals surface area contributed by atoms with E-state index in [-0.39, 0.29) is 12.5 Å². The number of anilines is 1. The smallest absolute Gasteiger partial charge is 0.343 e. The van der Waals surface area contributed by atoms with E-state index in [2.05, 4.69) is 15.8 Å². The number of hydrazone groups is 1. The van der Waals surface area contributed by atoms with Crippen LogP contribution in [-0.2, 0) is 4.79 Å². The van der Waals surface area contributed by atoms with Gasteiger partial charge >= 0.3 is 5.97 Å². The fourth-order valence-corrected chi connectivity index (χ4v) is 2.52. The van der Waals surface area contributed by atoms with Gasteiger partial charge in [0.1, 0.15) is 5.75 Å². The van der Waals surface area contributed by atoms with Crippen molar-refractivity contribution < 1.29 is 14.3 Å². The summed E-state index contributed by atoms with van der Waals surface area (Å²) in [5.74, 6) is -0.237. The van der Waals surface area contributed by atoms with E-state index in [9.17, 15) is 9.59 Å². The van der Waals surface area contributed by atoms with Crippen molar-refractivity contribution in [1.82, 2.24) is 5.43 Å². The Bertz CT molecular complexity index is 999. The van der Waals surface area contributed by atoms with Crippen molar-refractivity contribution in [2.75, 3.05) is 11.9 Å². The molecule has 0 aliphatic carbocycles. The van der Waals surface area contributed by atoms with Crippen molar-refractivity contribution in [3.8, 4) is 5.75 Å². The maximum Gasteiger partial charge on any atom is 0.343 e. The number of aryl methyl sites for hydroxylation is 1. The Labute approximate surface area is 169 Å². The predicted octanol–water partition coefficient (Wildman–Crippen LogP) is 3.78. The van der Waals surface area contributed by atoms with Gasteiger partial charge in [0.2, 0.25) is 0 Å². The number of esters is 1. The molecule has 0 aliphatic rings. The highest BCUT2D eigenvalue weighted by atomic mass is 16.5. The number of hydrogen-bond donors (Lipinski definition) is 2. The van der Waals surface area contributed by atoms with Crippen molar-refractivity contribution >= 4 is 23.8 Å². The Hall–Kier alpha value is -3.93. The molecule has 0 fully saturated rings. The number of hydrogen-bond acceptors (Lipinski definition) is 5. The molecule has 6 nitrogen and oxygen atoms in total. The number of ether oxygens (including phenoxy) is 1. The van der Waals surface area contributed by atoms with E-state index in [1.807, 2.05) is 37.3 Å². The second-order valence-electron chi connectivity index (χ2n) is 6.34. The van der Waals surface area contributed by atoms with Crippen LogP contribution in [0, 0.1) is 6.92 Å². The van der Waals surface area contributed by atoms with Crippen molar-refractivity contribution in [3.63, 3.8) is 0 Å². The van der Waals surface area contributed by atoms with Gasteiger partial charge in [-0.1, -0.05) is 30.3 Å². The molecule has 0 spiro atoms. The third-order valence-electron chi connectivity index (χ3n) is 3.97. The lowest BCUT2D eigenvalue weighted by Crippen LogP contribution is -2.25. The van der Waals surface area contributed by atoms with Gasteiger partial charge in [0.25, 0.3) is 5.91 Å². The summed E-state index contributed by atoms with van der Waals surface area (Å²) in [7, 11) is 0. The highest BCUT2D eigenvalue weighted by molar-refractivity contribution is 5.91.